The quantitative estimate of drug-likeness (QED) is 0.649. The largest absolute Gasteiger partial charge is 0.480 e. The Morgan fingerprint density at radius 2 is 2.06 bits per heavy atom. The number of hydrogen-bond acceptors (Lipinski definition) is 3. The Morgan fingerprint density at radius 3 is 2.53 bits per heavy atom. The van der Waals surface area contributed by atoms with Crippen molar-refractivity contribution in [1.82, 2.24) is 5.32 Å². The molecule has 3 unspecified atom stereocenters. The van der Waals surface area contributed by atoms with Gasteiger partial charge in [-0.25, -0.2) is 4.79 Å². The van der Waals surface area contributed by atoms with Gasteiger partial charge >= 0.3 is 5.97 Å². The van der Waals surface area contributed by atoms with Crippen molar-refractivity contribution in [2.75, 3.05) is 6.61 Å². The van der Waals surface area contributed by atoms with Gasteiger partial charge in [0.2, 0.25) is 5.91 Å². The third-order valence-corrected chi connectivity index (χ3v) is 4.15. The zero-order valence-corrected chi connectivity index (χ0v) is 9.76. The maximum atomic E-state index is 11.7. The molecular weight excluding hydrogens is 222 g/mol. The lowest BCUT2D eigenvalue weighted by atomic mass is 9.86. The minimum Gasteiger partial charge on any atom is -0.480 e. The fourth-order valence-corrected chi connectivity index (χ4v) is 3.30. The van der Waals surface area contributed by atoms with Crippen molar-refractivity contribution in [2.24, 2.45) is 17.8 Å². The summed E-state index contributed by atoms with van der Waals surface area (Å²) in [5.74, 6) is 0.425. The molecule has 0 aromatic heterocycles. The Labute approximate surface area is 100 Å². The molecule has 4 atom stereocenters. The number of aliphatic hydroxyl groups excluding tert-OH is 1. The van der Waals surface area contributed by atoms with Crippen LogP contribution in [0, 0.1) is 17.8 Å². The Balaban J connectivity index is 1.79. The third kappa shape index (κ3) is 2.77. The van der Waals surface area contributed by atoms with E-state index in [1.54, 1.807) is 0 Å². The minimum atomic E-state index is -1.19. The lowest BCUT2D eigenvalue weighted by Crippen LogP contribution is -2.44. The monoisotopic (exact) mass is 241 g/mol. The van der Waals surface area contributed by atoms with Crippen molar-refractivity contribution in [1.29, 1.82) is 0 Å². The van der Waals surface area contributed by atoms with Gasteiger partial charge in [0.25, 0.3) is 0 Å². The van der Waals surface area contributed by atoms with Crippen LogP contribution in [0.5, 0.6) is 0 Å². The lowest BCUT2D eigenvalue weighted by molar-refractivity contribution is -0.143. The Kier molecular flexibility index (Phi) is 3.66. The van der Waals surface area contributed by atoms with Crippen LogP contribution in [-0.4, -0.2) is 34.7 Å². The molecule has 0 saturated heterocycles. The molecule has 0 spiro atoms. The molecule has 17 heavy (non-hydrogen) atoms. The highest BCUT2D eigenvalue weighted by Crippen LogP contribution is 2.49. The van der Waals surface area contributed by atoms with E-state index < -0.39 is 18.6 Å². The van der Waals surface area contributed by atoms with Crippen LogP contribution in [0.2, 0.25) is 0 Å². The van der Waals surface area contributed by atoms with Crippen molar-refractivity contribution < 1.29 is 19.8 Å². The molecule has 0 heterocycles. The first-order valence-corrected chi connectivity index (χ1v) is 6.23. The summed E-state index contributed by atoms with van der Waals surface area (Å²) in [5.41, 5.74) is 0. The van der Waals surface area contributed by atoms with E-state index in [-0.39, 0.29) is 5.91 Å². The van der Waals surface area contributed by atoms with Gasteiger partial charge in [-0.2, -0.15) is 0 Å². The van der Waals surface area contributed by atoms with E-state index in [2.05, 4.69) is 5.32 Å². The molecular formula is C12H19NO4. The molecule has 0 aliphatic heterocycles. The zero-order valence-electron chi connectivity index (χ0n) is 9.76. The zero-order chi connectivity index (χ0) is 12.4. The molecule has 0 aromatic rings. The van der Waals surface area contributed by atoms with E-state index in [4.69, 9.17) is 10.2 Å². The van der Waals surface area contributed by atoms with Gasteiger partial charge in [-0.05, 0) is 37.0 Å². The fraction of sp³-hybridized carbons (Fsp3) is 0.833. The highest BCUT2D eigenvalue weighted by molar-refractivity contribution is 5.83. The second-order valence-corrected chi connectivity index (χ2v) is 5.28. The van der Waals surface area contributed by atoms with Crippen molar-refractivity contribution in [3.63, 3.8) is 0 Å². The van der Waals surface area contributed by atoms with Crippen LogP contribution in [0.25, 0.3) is 0 Å². The van der Waals surface area contributed by atoms with Crippen LogP contribution >= 0.6 is 0 Å². The Bertz CT molecular complexity index is 318. The van der Waals surface area contributed by atoms with Crippen LogP contribution in [0.3, 0.4) is 0 Å². The number of carboxylic acids is 1. The number of aliphatic carboxylic acids is 1. The van der Waals surface area contributed by atoms with Gasteiger partial charge in [0.15, 0.2) is 0 Å². The molecule has 2 rings (SSSR count). The van der Waals surface area contributed by atoms with E-state index in [1.165, 1.54) is 19.3 Å². The van der Waals surface area contributed by atoms with Crippen LogP contribution in [0.4, 0.5) is 0 Å². The van der Waals surface area contributed by atoms with Gasteiger partial charge in [0, 0.05) is 6.42 Å². The van der Waals surface area contributed by atoms with E-state index in [1.807, 2.05) is 0 Å². The second-order valence-electron chi connectivity index (χ2n) is 5.28. The number of fused-ring (bicyclic) bond motifs is 2. The average molecular weight is 241 g/mol. The maximum Gasteiger partial charge on any atom is 0.328 e. The Hall–Kier alpha value is -1.10. The fourth-order valence-electron chi connectivity index (χ4n) is 3.30. The summed E-state index contributed by atoms with van der Waals surface area (Å²) in [6, 6.07) is -1.17. The number of amides is 1. The van der Waals surface area contributed by atoms with Gasteiger partial charge in [-0.3, -0.25) is 4.79 Å². The molecule has 2 aliphatic rings. The highest BCUT2D eigenvalue weighted by Gasteiger charge is 2.40. The number of carbonyl (C=O) groups is 2. The molecule has 2 fully saturated rings. The van der Waals surface area contributed by atoms with E-state index in [9.17, 15) is 9.59 Å². The number of aliphatic hydroxyl groups is 1. The second kappa shape index (κ2) is 5.04. The molecule has 0 aromatic carbocycles. The number of rotatable bonds is 5. The van der Waals surface area contributed by atoms with Crippen LogP contribution in [0.1, 0.15) is 32.1 Å². The van der Waals surface area contributed by atoms with Crippen LogP contribution in [-0.2, 0) is 9.59 Å². The van der Waals surface area contributed by atoms with E-state index >= 15 is 0 Å². The summed E-state index contributed by atoms with van der Waals surface area (Å²) < 4.78 is 0. The number of carbonyl (C=O) groups excluding carboxylic acids is 1. The average Bonchev–Trinajstić information content (AvgIpc) is 2.87. The normalized spacial score (nSPS) is 32.4. The van der Waals surface area contributed by atoms with Crippen LogP contribution in [0.15, 0.2) is 0 Å². The first kappa shape index (κ1) is 12.4. The smallest absolute Gasteiger partial charge is 0.328 e. The first-order chi connectivity index (χ1) is 8.10. The van der Waals surface area contributed by atoms with Gasteiger partial charge in [-0.1, -0.05) is 6.42 Å². The topological polar surface area (TPSA) is 86.6 Å². The first-order valence-electron chi connectivity index (χ1n) is 6.23. The minimum absolute atomic E-state index is 0.246. The van der Waals surface area contributed by atoms with Gasteiger partial charge in [0.1, 0.15) is 6.04 Å². The summed E-state index contributed by atoms with van der Waals surface area (Å²) in [5, 5.41) is 19.9. The summed E-state index contributed by atoms with van der Waals surface area (Å²) in [4.78, 5) is 22.3. The van der Waals surface area contributed by atoms with Crippen LogP contribution < -0.4 is 5.32 Å². The van der Waals surface area contributed by atoms with E-state index in [0.29, 0.717) is 18.3 Å². The van der Waals surface area contributed by atoms with Gasteiger partial charge < -0.3 is 15.5 Å². The molecule has 3 N–H and O–H groups in total. The summed E-state index contributed by atoms with van der Waals surface area (Å²) in [6.45, 7) is -0.558. The van der Waals surface area contributed by atoms with Crippen molar-refractivity contribution >= 4 is 11.9 Å². The summed E-state index contributed by atoms with van der Waals surface area (Å²) in [7, 11) is 0. The SMILES string of the molecule is O=C(CC1CC2CCC1C2)N[C@@H](CO)C(=O)O. The standard InChI is InChI=1S/C12H19NO4/c14-6-10(12(16)17)13-11(15)5-9-4-7-1-2-8(9)3-7/h7-10,14H,1-6H2,(H,13,15)(H,16,17)/t7?,8?,9?,10-/m0/s1. The molecule has 5 heteroatoms. The molecule has 2 saturated carbocycles. The molecule has 96 valence electrons. The number of nitrogens with one attached hydrogen (secondary N) is 1. The van der Waals surface area contributed by atoms with Crippen molar-refractivity contribution in [3.8, 4) is 0 Å². The van der Waals surface area contributed by atoms with Gasteiger partial charge in [0.05, 0.1) is 6.61 Å². The lowest BCUT2D eigenvalue weighted by Gasteiger charge is -2.21. The number of carboxylic acid groups (broad SMARTS) is 1. The summed E-state index contributed by atoms with van der Waals surface area (Å²) >= 11 is 0. The number of hydrogen-bond donors (Lipinski definition) is 3. The Morgan fingerprint density at radius 1 is 1.29 bits per heavy atom. The van der Waals surface area contributed by atoms with E-state index in [0.717, 1.165) is 12.3 Å². The van der Waals surface area contributed by atoms with Crippen molar-refractivity contribution in [3.05, 3.63) is 0 Å². The van der Waals surface area contributed by atoms with Crippen molar-refractivity contribution in [2.45, 2.75) is 38.1 Å². The van der Waals surface area contributed by atoms with Gasteiger partial charge in [-0.15, -0.1) is 0 Å². The highest BCUT2D eigenvalue weighted by atomic mass is 16.4. The molecule has 5 nitrogen and oxygen atoms in total. The third-order valence-electron chi connectivity index (χ3n) is 4.15. The predicted molar refractivity (Wildman–Crippen MR) is 60.2 cm³/mol. The molecule has 2 aliphatic carbocycles. The maximum absolute atomic E-state index is 11.7. The predicted octanol–water partition coefficient (Wildman–Crippen LogP) is 0.374. The molecule has 0 radical (unpaired) electrons. The summed E-state index contributed by atoms with van der Waals surface area (Å²) in [6.07, 6.45) is 5.25. The molecule has 2 bridgehead atoms. The molecule has 1 amide bonds.